The van der Waals surface area contributed by atoms with E-state index in [0.717, 1.165) is 25.7 Å². The van der Waals surface area contributed by atoms with Crippen molar-refractivity contribution in [2.45, 2.75) is 57.5 Å². The molecule has 5 nitrogen and oxygen atoms in total. The van der Waals surface area contributed by atoms with E-state index in [1.165, 1.54) is 0 Å². The molecule has 0 radical (unpaired) electrons. The summed E-state index contributed by atoms with van der Waals surface area (Å²) in [4.78, 5) is 22.3. The van der Waals surface area contributed by atoms with Crippen LogP contribution in [0.25, 0.3) is 0 Å². The first kappa shape index (κ1) is 14.0. The lowest BCUT2D eigenvalue weighted by Crippen LogP contribution is -2.39. The van der Waals surface area contributed by atoms with E-state index in [4.69, 9.17) is 5.11 Å². The van der Waals surface area contributed by atoms with Crippen LogP contribution in [0.2, 0.25) is 0 Å². The zero-order valence-corrected chi connectivity index (χ0v) is 10.4. The van der Waals surface area contributed by atoms with Crippen molar-refractivity contribution in [1.29, 1.82) is 0 Å². The fourth-order valence-electron chi connectivity index (χ4n) is 1.61. The molecule has 0 aliphatic heterocycles. The van der Waals surface area contributed by atoms with Crippen LogP contribution in [0.4, 0.5) is 0 Å². The standard InChI is InChI=1S/C12H22N2O3/c1-2-3-4-10(12(16)17)13-8-7-11(15)14-9-5-6-9/h9-10,13H,2-8H2,1H3,(H,14,15)(H,16,17). The maximum atomic E-state index is 11.4. The topological polar surface area (TPSA) is 78.4 Å². The lowest BCUT2D eigenvalue weighted by atomic mass is 10.1. The molecule has 17 heavy (non-hydrogen) atoms. The molecule has 0 saturated heterocycles. The van der Waals surface area contributed by atoms with Crippen LogP contribution in [0.1, 0.15) is 45.4 Å². The highest BCUT2D eigenvalue weighted by Crippen LogP contribution is 2.18. The molecule has 5 heteroatoms. The summed E-state index contributed by atoms with van der Waals surface area (Å²) in [5.41, 5.74) is 0. The first-order chi connectivity index (χ1) is 8.13. The highest BCUT2D eigenvalue weighted by atomic mass is 16.4. The van der Waals surface area contributed by atoms with Crippen LogP contribution in [0.5, 0.6) is 0 Å². The van der Waals surface area contributed by atoms with Gasteiger partial charge in [-0.05, 0) is 19.3 Å². The second-order valence-corrected chi connectivity index (χ2v) is 4.58. The van der Waals surface area contributed by atoms with E-state index >= 15 is 0 Å². The van der Waals surface area contributed by atoms with Crippen LogP contribution in [0, 0.1) is 0 Å². The number of nitrogens with one attached hydrogen (secondary N) is 2. The van der Waals surface area contributed by atoms with Gasteiger partial charge in [0.1, 0.15) is 6.04 Å². The second-order valence-electron chi connectivity index (χ2n) is 4.58. The van der Waals surface area contributed by atoms with Crippen LogP contribution in [0.15, 0.2) is 0 Å². The van der Waals surface area contributed by atoms with Crippen molar-refractivity contribution in [2.75, 3.05) is 6.54 Å². The van der Waals surface area contributed by atoms with Crippen LogP contribution in [0.3, 0.4) is 0 Å². The Morgan fingerprint density at radius 1 is 1.41 bits per heavy atom. The van der Waals surface area contributed by atoms with Crippen molar-refractivity contribution in [3.8, 4) is 0 Å². The molecule has 1 saturated carbocycles. The largest absolute Gasteiger partial charge is 0.480 e. The molecule has 1 atom stereocenters. The molecule has 0 bridgehead atoms. The van der Waals surface area contributed by atoms with Crippen molar-refractivity contribution in [3.63, 3.8) is 0 Å². The van der Waals surface area contributed by atoms with E-state index in [9.17, 15) is 9.59 Å². The summed E-state index contributed by atoms with van der Waals surface area (Å²) < 4.78 is 0. The third-order valence-electron chi connectivity index (χ3n) is 2.83. The van der Waals surface area contributed by atoms with Gasteiger partial charge < -0.3 is 15.7 Å². The molecule has 0 aromatic rings. The number of unbranched alkanes of at least 4 members (excludes halogenated alkanes) is 1. The molecule has 1 amide bonds. The molecule has 1 aliphatic rings. The van der Waals surface area contributed by atoms with Gasteiger partial charge in [-0.15, -0.1) is 0 Å². The Bertz CT molecular complexity index is 264. The first-order valence-electron chi connectivity index (χ1n) is 6.39. The maximum Gasteiger partial charge on any atom is 0.320 e. The molecule has 1 aliphatic carbocycles. The van der Waals surface area contributed by atoms with Gasteiger partial charge in [-0.25, -0.2) is 0 Å². The van der Waals surface area contributed by atoms with E-state index < -0.39 is 12.0 Å². The summed E-state index contributed by atoms with van der Waals surface area (Å²) >= 11 is 0. The summed E-state index contributed by atoms with van der Waals surface area (Å²) in [6, 6.07) is -0.151. The molecule has 1 unspecified atom stereocenters. The second kappa shape index (κ2) is 7.27. The zero-order chi connectivity index (χ0) is 12.7. The minimum atomic E-state index is -0.832. The van der Waals surface area contributed by atoms with E-state index in [1.807, 2.05) is 6.92 Å². The van der Waals surface area contributed by atoms with Crippen LogP contribution >= 0.6 is 0 Å². The number of rotatable bonds is 9. The lowest BCUT2D eigenvalue weighted by Gasteiger charge is -2.13. The normalized spacial score (nSPS) is 16.5. The van der Waals surface area contributed by atoms with Gasteiger partial charge in [-0.1, -0.05) is 19.8 Å². The van der Waals surface area contributed by atoms with Crippen molar-refractivity contribution >= 4 is 11.9 Å². The minimum absolute atomic E-state index is 0.0135. The molecule has 1 rings (SSSR count). The predicted molar refractivity (Wildman–Crippen MR) is 64.7 cm³/mol. The summed E-state index contributed by atoms with van der Waals surface area (Å²) in [6.45, 7) is 2.46. The summed E-state index contributed by atoms with van der Waals surface area (Å²) in [5.74, 6) is -0.819. The van der Waals surface area contributed by atoms with Gasteiger partial charge in [0.15, 0.2) is 0 Å². The Labute approximate surface area is 102 Å². The maximum absolute atomic E-state index is 11.4. The number of carbonyl (C=O) groups excluding carboxylic acids is 1. The SMILES string of the molecule is CCCCC(NCCC(=O)NC1CC1)C(=O)O. The van der Waals surface area contributed by atoms with Crippen molar-refractivity contribution in [3.05, 3.63) is 0 Å². The molecular weight excluding hydrogens is 220 g/mol. The fraction of sp³-hybridized carbons (Fsp3) is 0.833. The molecule has 0 spiro atoms. The Hall–Kier alpha value is -1.10. The predicted octanol–water partition coefficient (Wildman–Crippen LogP) is 0.888. The van der Waals surface area contributed by atoms with Crippen LogP contribution < -0.4 is 10.6 Å². The first-order valence-corrected chi connectivity index (χ1v) is 6.39. The number of carboxylic acids is 1. The van der Waals surface area contributed by atoms with Crippen molar-refractivity contribution in [1.82, 2.24) is 10.6 Å². The number of hydrogen-bond acceptors (Lipinski definition) is 3. The Balaban J connectivity index is 2.11. The smallest absolute Gasteiger partial charge is 0.320 e. The molecule has 3 N–H and O–H groups in total. The van der Waals surface area contributed by atoms with E-state index in [-0.39, 0.29) is 5.91 Å². The van der Waals surface area contributed by atoms with E-state index in [1.54, 1.807) is 0 Å². The van der Waals surface area contributed by atoms with Gasteiger partial charge in [0, 0.05) is 19.0 Å². The van der Waals surface area contributed by atoms with Gasteiger partial charge in [0.25, 0.3) is 0 Å². The van der Waals surface area contributed by atoms with Gasteiger partial charge >= 0.3 is 5.97 Å². The lowest BCUT2D eigenvalue weighted by molar-refractivity contribution is -0.139. The highest BCUT2D eigenvalue weighted by Gasteiger charge is 2.23. The minimum Gasteiger partial charge on any atom is -0.480 e. The molecule has 1 fully saturated rings. The van der Waals surface area contributed by atoms with Gasteiger partial charge in [0.05, 0.1) is 0 Å². The number of amides is 1. The molecule has 0 aromatic carbocycles. The van der Waals surface area contributed by atoms with E-state index in [0.29, 0.717) is 25.4 Å². The number of carbonyl (C=O) groups is 2. The molecular formula is C12H22N2O3. The third kappa shape index (κ3) is 6.26. The quantitative estimate of drug-likeness (QED) is 0.561. The highest BCUT2D eigenvalue weighted by molar-refractivity contribution is 5.77. The average molecular weight is 242 g/mol. The van der Waals surface area contributed by atoms with Gasteiger partial charge in [0.2, 0.25) is 5.91 Å². The zero-order valence-electron chi connectivity index (χ0n) is 10.4. The number of carboxylic acid groups (broad SMARTS) is 1. The Kier molecular flexibility index (Phi) is 5.97. The van der Waals surface area contributed by atoms with Crippen molar-refractivity contribution in [2.24, 2.45) is 0 Å². The van der Waals surface area contributed by atoms with E-state index in [2.05, 4.69) is 10.6 Å². The van der Waals surface area contributed by atoms with Gasteiger partial charge in [-0.2, -0.15) is 0 Å². The molecule has 0 heterocycles. The Morgan fingerprint density at radius 2 is 2.12 bits per heavy atom. The third-order valence-corrected chi connectivity index (χ3v) is 2.83. The number of hydrogen-bond donors (Lipinski definition) is 3. The average Bonchev–Trinajstić information content (AvgIpc) is 3.06. The Morgan fingerprint density at radius 3 is 2.65 bits per heavy atom. The number of aliphatic carboxylic acids is 1. The summed E-state index contributed by atoms with van der Waals surface area (Å²) in [6.07, 6.45) is 5.00. The summed E-state index contributed by atoms with van der Waals surface area (Å²) in [5, 5.41) is 14.7. The van der Waals surface area contributed by atoms with Gasteiger partial charge in [-0.3, -0.25) is 9.59 Å². The van der Waals surface area contributed by atoms with Crippen LogP contribution in [-0.4, -0.2) is 35.6 Å². The molecule has 98 valence electrons. The van der Waals surface area contributed by atoms with Crippen molar-refractivity contribution < 1.29 is 14.7 Å². The summed E-state index contributed by atoms with van der Waals surface area (Å²) in [7, 11) is 0. The fourth-order valence-corrected chi connectivity index (χ4v) is 1.61. The monoisotopic (exact) mass is 242 g/mol. The molecule has 0 aromatic heterocycles. The van der Waals surface area contributed by atoms with Crippen LogP contribution in [-0.2, 0) is 9.59 Å².